The molecule has 2 heteroatoms. The van der Waals surface area contributed by atoms with Crippen LogP contribution in [0.2, 0.25) is 0 Å². The van der Waals surface area contributed by atoms with Crippen molar-refractivity contribution in [2.45, 2.75) is 33.6 Å². The Balaban J connectivity index is 4.63. The van der Waals surface area contributed by atoms with Gasteiger partial charge in [-0.15, -0.1) is 0 Å². The zero-order valence-electron chi connectivity index (χ0n) is 12.0. The Hall–Kier alpha value is -1.31. The molecular formula is C15H26N2. The van der Waals surface area contributed by atoms with E-state index < -0.39 is 0 Å². The molecule has 0 heterocycles. The summed E-state index contributed by atoms with van der Waals surface area (Å²) < 4.78 is 0. The third kappa shape index (κ3) is 6.77. The average Bonchev–Trinajstić information content (AvgIpc) is 2.33. The molecule has 0 spiro atoms. The van der Waals surface area contributed by atoms with E-state index in [4.69, 9.17) is 0 Å². The molecule has 0 saturated carbocycles. The quantitative estimate of drug-likeness (QED) is 0.483. The highest BCUT2D eigenvalue weighted by Gasteiger charge is 1.97. The molecule has 0 aromatic heterocycles. The van der Waals surface area contributed by atoms with E-state index in [-0.39, 0.29) is 0 Å². The predicted molar refractivity (Wildman–Crippen MR) is 78.6 cm³/mol. The smallest absolute Gasteiger partial charge is 0.0276 e. The first-order valence-electron chi connectivity index (χ1n) is 6.18. The Morgan fingerprint density at radius 1 is 1.29 bits per heavy atom. The molecule has 0 atom stereocenters. The van der Waals surface area contributed by atoms with E-state index in [1.165, 1.54) is 17.7 Å². The van der Waals surface area contributed by atoms with E-state index in [1.54, 1.807) is 0 Å². The van der Waals surface area contributed by atoms with Crippen LogP contribution in [0.3, 0.4) is 0 Å². The molecular weight excluding hydrogens is 208 g/mol. The lowest BCUT2D eigenvalue weighted by Crippen LogP contribution is -2.16. The standard InChI is InChI=1S/C15H26N2/c1-7-11-17(6)14(4)9-10-15(8-2)12-13(3)16-5/h8-10H,2,7,11-12H2,1,3-6H3/b14-9+,15-10+,16-13+. The maximum absolute atomic E-state index is 4.16. The number of nitrogens with zero attached hydrogens (tertiary/aromatic N) is 2. The molecule has 0 amide bonds. The van der Waals surface area contributed by atoms with Crippen LogP contribution in [-0.2, 0) is 0 Å². The molecule has 0 radical (unpaired) electrons. The van der Waals surface area contributed by atoms with Crippen molar-refractivity contribution in [3.8, 4) is 0 Å². The lowest BCUT2D eigenvalue weighted by molar-refractivity contribution is 0.418. The summed E-state index contributed by atoms with van der Waals surface area (Å²) in [5, 5.41) is 0. The third-order valence-corrected chi connectivity index (χ3v) is 2.80. The Morgan fingerprint density at radius 3 is 2.41 bits per heavy atom. The van der Waals surface area contributed by atoms with Gasteiger partial charge in [0.2, 0.25) is 0 Å². The Kier molecular flexibility index (Phi) is 8.12. The highest BCUT2D eigenvalue weighted by atomic mass is 15.1. The maximum Gasteiger partial charge on any atom is 0.0276 e. The molecule has 0 aliphatic rings. The fourth-order valence-corrected chi connectivity index (χ4v) is 1.44. The fourth-order valence-electron chi connectivity index (χ4n) is 1.44. The lowest BCUT2D eigenvalue weighted by Gasteiger charge is -2.18. The topological polar surface area (TPSA) is 15.6 Å². The molecule has 96 valence electrons. The van der Waals surface area contributed by atoms with Crippen molar-refractivity contribution >= 4 is 5.71 Å². The van der Waals surface area contributed by atoms with Crippen molar-refractivity contribution < 1.29 is 0 Å². The summed E-state index contributed by atoms with van der Waals surface area (Å²) in [6.45, 7) is 11.3. The predicted octanol–water partition coefficient (Wildman–Crippen LogP) is 3.83. The first-order valence-corrected chi connectivity index (χ1v) is 6.18. The van der Waals surface area contributed by atoms with Crippen LogP contribution in [0.4, 0.5) is 0 Å². The molecule has 0 N–H and O–H groups in total. The minimum absolute atomic E-state index is 0.876. The molecule has 0 fully saturated rings. The van der Waals surface area contributed by atoms with Gasteiger partial charge < -0.3 is 4.90 Å². The minimum Gasteiger partial charge on any atom is -0.378 e. The van der Waals surface area contributed by atoms with Gasteiger partial charge in [0, 0.05) is 38.5 Å². The van der Waals surface area contributed by atoms with Crippen LogP contribution in [0.5, 0.6) is 0 Å². The van der Waals surface area contributed by atoms with Gasteiger partial charge in [-0.1, -0.05) is 25.7 Å². The number of hydrogen-bond donors (Lipinski definition) is 0. The summed E-state index contributed by atoms with van der Waals surface area (Å²) in [5.74, 6) is 0. The number of hydrogen-bond acceptors (Lipinski definition) is 2. The molecule has 17 heavy (non-hydrogen) atoms. The van der Waals surface area contributed by atoms with E-state index in [9.17, 15) is 0 Å². The largest absolute Gasteiger partial charge is 0.378 e. The molecule has 0 saturated heterocycles. The van der Waals surface area contributed by atoms with Crippen LogP contribution in [-0.4, -0.2) is 31.3 Å². The number of allylic oxidation sites excluding steroid dienone is 5. The average molecular weight is 234 g/mol. The van der Waals surface area contributed by atoms with Gasteiger partial charge in [-0.3, -0.25) is 4.99 Å². The lowest BCUT2D eigenvalue weighted by atomic mass is 10.1. The molecule has 0 aromatic rings. The molecule has 2 nitrogen and oxygen atoms in total. The molecule has 0 aliphatic heterocycles. The van der Waals surface area contributed by atoms with Gasteiger partial charge >= 0.3 is 0 Å². The van der Waals surface area contributed by atoms with Gasteiger partial charge in [0.15, 0.2) is 0 Å². The fraction of sp³-hybridized carbons (Fsp3) is 0.533. The summed E-state index contributed by atoms with van der Waals surface area (Å²) in [4.78, 5) is 6.43. The van der Waals surface area contributed by atoms with Crippen LogP contribution in [0.15, 0.2) is 41.1 Å². The van der Waals surface area contributed by atoms with Crippen LogP contribution >= 0.6 is 0 Å². The van der Waals surface area contributed by atoms with Gasteiger partial charge in [-0.2, -0.15) is 0 Å². The summed E-state index contributed by atoms with van der Waals surface area (Å²) in [6, 6.07) is 0. The van der Waals surface area contributed by atoms with Crippen molar-refractivity contribution in [2.24, 2.45) is 4.99 Å². The molecule has 0 rings (SSSR count). The van der Waals surface area contributed by atoms with Gasteiger partial charge in [-0.05, 0) is 31.9 Å². The zero-order chi connectivity index (χ0) is 13.3. The SMILES string of the molecule is C=C/C(=C\C=C(/C)N(C)CCC)C/C(C)=N/C. The summed E-state index contributed by atoms with van der Waals surface area (Å²) in [7, 11) is 3.95. The van der Waals surface area contributed by atoms with Crippen molar-refractivity contribution in [2.75, 3.05) is 20.6 Å². The normalized spacial score (nSPS) is 13.8. The van der Waals surface area contributed by atoms with Crippen LogP contribution in [0.25, 0.3) is 0 Å². The van der Waals surface area contributed by atoms with Gasteiger partial charge in [0.05, 0.1) is 0 Å². The molecule has 0 aromatic carbocycles. The van der Waals surface area contributed by atoms with E-state index in [1.807, 2.05) is 20.0 Å². The van der Waals surface area contributed by atoms with E-state index in [0.717, 1.165) is 18.7 Å². The Morgan fingerprint density at radius 2 is 1.94 bits per heavy atom. The van der Waals surface area contributed by atoms with Crippen LogP contribution in [0, 0.1) is 0 Å². The van der Waals surface area contributed by atoms with Gasteiger partial charge in [0.25, 0.3) is 0 Å². The zero-order valence-corrected chi connectivity index (χ0v) is 12.0. The summed E-state index contributed by atoms with van der Waals surface area (Å²) in [5.41, 5.74) is 3.61. The highest BCUT2D eigenvalue weighted by molar-refractivity contribution is 5.84. The van der Waals surface area contributed by atoms with E-state index >= 15 is 0 Å². The second-order valence-corrected chi connectivity index (χ2v) is 4.31. The van der Waals surface area contributed by atoms with E-state index in [0.29, 0.717) is 0 Å². The van der Waals surface area contributed by atoms with Crippen molar-refractivity contribution in [3.63, 3.8) is 0 Å². The first kappa shape index (κ1) is 15.7. The first-order chi connectivity index (χ1) is 8.04. The Bertz CT molecular complexity index is 322. The second kappa shape index (κ2) is 8.80. The third-order valence-electron chi connectivity index (χ3n) is 2.80. The molecule has 0 bridgehead atoms. The van der Waals surface area contributed by atoms with Crippen molar-refractivity contribution in [1.29, 1.82) is 0 Å². The maximum atomic E-state index is 4.16. The monoisotopic (exact) mass is 234 g/mol. The number of rotatable bonds is 7. The van der Waals surface area contributed by atoms with Gasteiger partial charge in [0.1, 0.15) is 0 Å². The Labute approximate surface area is 106 Å². The second-order valence-electron chi connectivity index (χ2n) is 4.31. The van der Waals surface area contributed by atoms with Crippen LogP contribution < -0.4 is 0 Å². The molecule has 0 unspecified atom stereocenters. The molecule has 0 aliphatic carbocycles. The summed E-state index contributed by atoms with van der Waals surface area (Å²) >= 11 is 0. The minimum atomic E-state index is 0.876. The highest BCUT2D eigenvalue weighted by Crippen LogP contribution is 2.07. The van der Waals surface area contributed by atoms with Crippen LogP contribution in [0.1, 0.15) is 33.6 Å². The van der Waals surface area contributed by atoms with E-state index in [2.05, 4.69) is 49.5 Å². The summed E-state index contributed by atoms with van der Waals surface area (Å²) in [6.07, 6.45) is 8.22. The van der Waals surface area contributed by atoms with Gasteiger partial charge in [-0.25, -0.2) is 0 Å². The number of aliphatic imine (C=N–C) groups is 1. The van der Waals surface area contributed by atoms with Crippen molar-refractivity contribution in [1.82, 2.24) is 4.90 Å². The van der Waals surface area contributed by atoms with Crippen molar-refractivity contribution in [3.05, 3.63) is 36.1 Å².